The van der Waals surface area contributed by atoms with Crippen LogP contribution in [0.25, 0.3) is 11.1 Å². The van der Waals surface area contributed by atoms with Gasteiger partial charge in [-0.2, -0.15) is 4.98 Å². The van der Waals surface area contributed by atoms with E-state index in [1.54, 1.807) is 31.3 Å². The molecule has 0 unspecified atom stereocenters. The van der Waals surface area contributed by atoms with E-state index in [0.717, 1.165) is 0 Å². The largest absolute Gasteiger partial charge is 0.482 e. The van der Waals surface area contributed by atoms with Gasteiger partial charge in [-0.15, -0.1) is 0 Å². The van der Waals surface area contributed by atoms with Gasteiger partial charge in [0.25, 0.3) is 5.91 Å². The van der Waals surface area contributed by atoms with E-state index in [9.17, 15) is 4.79 Å². The number of aromatic nitrogens is 1. The Morgan fingerprint density at radius 1 is 1.26 bits per heavy atom. The summed E-state index contributed by atoms with van der Waals surface area (Å²) in [4.78, 5) is 17.8. The first-order chi connectivity index (χ1) is 11.0. The number of halogens is 2. The fraction of sp³-hybridized carbons (Fsp3) is 0.125. The summed E-state index contributed by atoms with van der Waals surface area (Å²) in [5, 5.41) is 0.840. The van der Waals surface area contributed by atoms with E-state index in [0.29, 0.717) is 26.9 Å². The van der Waals surface area contributed by atoms with E-state index in [1.165, 1.54) is 4.90 Å². The molecule has 0 bridgehead atoms. The molecule has 0 saturated carbocycles. The van der Waals surface area contributed by atoms with Gasteiger partial charge in [0.15, 0.2) is 12.2 Å². The van der Waals surface area contributed by atoms with Crippen LogP contribution in [0.15, 0.2) is 46.9 Å². The lowest BCUT2D eigenvalue weighted by Gasteiger charge is -2.13. The molecule has 1 amide bonds. The van der Waals surface area contributed by atoms with Crippen molar-refractivity contribution in [1.29, 1.82) is 0 Å². The number of hydrogen-bond donors (Lipinski definition) is 0. The van der Waals surface area contributed by atoms with Crippen LogP contribution in [0, 0.1) is 0 Å². The highest BCUT2D eigenvalue weighted by Gasteiger charge is 2.18. The fourth-order valence-corrected chi connectivity index (χ4v) is 2.40. The van der Waals surface area contributed by atoms with Crippen molar-refractivity contribution in [2.45, 2.75) is 0 Å². The zero-order valence-electron chi connectivity index (χ0n) is 12.1. The van der Waals surface area contributed by atoms with Gasteiger partial charge >= 0.3 is 6.01 Å². The number of amides is 1. The Morgan fingerprint density at radius 2 is 2.04 bits per heavy atom. The molecule has 23 heavy (non-hydrogen) atoms. The SMILES string of the molecule is CN(C(=O)COc1ccc(Cl)cc1Cl)c1nc2ccccc2o1. The summed E-state index contributed by atoms with van der Waals surface area (Å²) in [6, 6.07) is 12.3. The van der Waals surface area contributed by atoms with Crippen molar-refractivity contribution >= 4 is 46.2 Å². The number of carbonyl (C=O) groups is 1. The van der Waals surface area contributed by atoms with Crippen molar-refractivity contribution in [3.8, 4) is 5.75 Å². The van der Waals surface area contributed by atoms with Crippen LogP contribution in [0.4, 0.5) is 6.01 Å². The Bertz CT molecular complexity index is 830. The zero-order valence-corrected chi connectivity index (χ0v) is 13.6. The number of anilines is 1. The fourth-order valence-electron chi connectivity index (χ4n) is 1.94. The van der Waals surface area contributed by atoms with Crippen molar-refractivity contribution in [3.05, 3.63) is 52.5 Å². The lowest BCUT2D eigenvalue weighted by atomic mass is 10.3. The standard InChI is InChI=1S/C16H12Cl2N2O3/c1-20(16-19-12-4-2-3-5-14(12)23-16)15(21)9-22-13-7-6-10(17)8-11(13)18/h2-8H,9H2,1H3. The number of para-hydroxylation sites is 2. The Hall–Kier alpha value is -2.24. The van der Waals surface area contributed by atoms with Crippen LogP contribution in [-0.2, 0) is 4.79 Å². The van der Waals surface area contributed by atoms with E-state index in [4.69, 9.17) is 32.4 Å². The van der Waals surface area contributed by atoms with E-state index >= 15 is 0 Å². The number of fused-ring (bicyclic) bond motifs is 1. The van der Waals surface area contributed by atoms with Crippen LogP contribution in [0.2, 0.25) is 10.0 Å². The first kappa shape index (κ1) is 15.6. The van der Waals surface area contributed by atoms with Gasteiger partial charge in [0.2, 0.25) is 0 Å². The molecule has 1 aromatic heterocycles. The average molecular weight is 351 g/mol. The molecule has 0 spiro atoms. The van der Waals surface area contributed by atoms with Crippen LogP contribution in [0.3, 0.4) is 0 Å². The normalized spacial score (nSPS) is 10.7. The van der Waals surface area contributed by atoms with Gasteiger partial charge in [0.1, 0.15) is 11.3 Å². The second-order valence-corrected chi connectivity index (χ2v) is 5.62. The Labute approximate surface area is 142 Å². The maximum absolute atomic E-state index is 12.2. The minimum atomic E-state index is -0.317. The van der Waals surface area contributed by atoms with Crippen LogP contribution in [0.1, 0.15) is 0 Å². The molecule has 118 valence electrons. The van der Waals surface area contributed by atoms with Crippen LogP contribution < -0.4 is 9.64 Å². The number of benzene rings is 2. The maximum atomic E-state index is 12.2. The summed E-state index contributed by atoms with van der Waals surface area (Å²) in [7, 11) is 1.57. The summed E-state index contributed by atoms with van der Waals surface area (Å²) in [6.45, 7) is -0.198. The number of carbonyl (C=O) groups excluding carboxylic acids is 1. The quantitative estimate of drug-likeness (QED) is 0.708. The van der Waals surface area contributed by atoms with Crippen molar-refractivity contribution in [2.75, 3.05) is 18.6 Å². The molecule has 0 atom stereocenters. The van der Waals surface area contributed by atoms with Gasteiger partial charge in [-0.25, -0.2) is 0 Å². The van der Waals surface area contributed by atoms with Gasteiger partial charge in [-0.3, -0.25) is 9.69 Å². The highest BCUT2D eigenvalue weighted by molar-refractivity contribution is 6.35. The molecule has 0 aliphatic heterocycles. The van der Waals surface area contributed by atoms with Gasteiger partial charge in [-0.1, -0.05) is 35.3 Å². The summed E-state index contributed by atoms with van der Waals surface area (Å²) in [5.74, 6) is 0.0676. The third-order valence-corrected chi connectivity index (χ3v) is 3.72. The van der Waals surface area contributed by atoms with Gasteiger partial charge in [0.05, 0.1) is 5.02 Å². The maximum Gasteiger partial charge on any atom is 0.305 e. The monoisotopic (exact) mass is 350 g/mol. The second-order valence-electron chi connectivity index (χ2n) is 4.78. The number of ether oxygens (including phenoxy) is 1. The molecule has 3 rings (SSSR count). The second kappa shape index (κ2) is 6.48. The van der Waals surface area contributed by atoms with Crippen molar-refractivity contribution in [2.24, 2.45) is 0 Å². The smallest absolute Gasteiger partial charge is 0.305 e. The van der Waals surface area contributed by atoms with E-state index in [1.807, 2.05) is 18.2 Å². The molecule has 0 saturated heterocycles. The zero-order chi connectivity index (χ0) is 16.4. The van der Waals surface area contributed by atoms with Gasteiger partial charge in [0, 0.05) is 12.1 Å². The lowest BCUT2D eigenvalue weighted by Crippen LogP contribution is -2.31. The Balaban J connectivity index is 1.69. The number of hydrogen-bond acceptors (Lipinski definition) is 4. The number of nitrogens with zero attached hydrogens (tertiary/aromatic N) is 2. The summed E-state index contributed by atoms with van der Waals surface area (Å²) >= 11 is 11.8. The minimum Gasteiger partial charge on any atom is -0.482 e. The number of likely N-dealkylation sites (N-methyl/N-ethyl adjacent to an activating group) is 1. The summed E-state index contributed by atoms with van der Waals surface area (Å²) in [5.41, 5.74) is 1.30. The molecule has 0 aliphatic carbocycles. The number of oxazole rings is 1. The average Bonchev–Trinajstić information content (AvgIpc) is 2.97. The molecule has 0 radical (unpaired) electrons. The number of rotatable bonds is 4. The van der Waals surface area contributed by atoms with E-state index in [2.05, 4.69) is 4.98 Å². The van der Waals surface area contributed by atoms with Crippen LogP contribution in [-0.4, -0.2) is 24.5 Å². The Kier molecular flexibility index (Phi) is 4.41. The Morgan fingerprint density at radius 3 is 2.78 bits per heavy atom. The molecule has 7 heteroatoms. The highest BCUT2D eigenvalue weighted by atomic mass is 35.5. The van der Waals surface area contributed by atoms with Crippen molar-refractivity contribution in [1.82, 2.24) is 4.98 Å². The predicted molar refractivity (Wildman–Crippen MR) is 89.4 cm³/mol. The molecular weight excluding hydrogens is 339 g/mol. The topological polar surface area (TPSA) is 55.6 Å². The molecule has 0 aliphatic rings. The molecule has 5 nitrogen and oxygen atoms in total. The first-order valence-corrected chi connectivity index (χ1v) is 7.50. The van der Waals surface area contributed by atoms with E-state index in [-0.39, 0.29) is 18.5 Å². The van der Waals surface area contributed by atoms with Gasteiger partial charge < -0.3 is 9.15 Å². The van der Waals surface area contributed by atoms with E-state index < -0.39 is 0 Å². The first-order valence-electron chi connectivity index (χ1n) is 6.74. The van der Waals surface area contributed by atoms with Crippen LogP contribution >= 0.6 is 23.2 Å². The third-order valence-electron chi connectivity index (χ3n) is 3.19. The third kappa shape index (κ3) is 3.41. The van der Waals surface area contributed by atoms with Crippen LogP contribution in [0.5, 0.6) is 5.75 Å². The molecule has 2 aromatic carbocycles. The van der Waals surface area contributed by atoms with Crippen molar-refractivity contribution in [3.63, 3.8) is 0 Å². The summed E-state index contributed by atoms with van der Waals surface area (Å²) < 4.78 is 11.0. The molecule has 0 fully saturated rings. The lowest BCUT2D eigenvalue weighted by molar-refractivity contribution is -0.120. The van der Waals surface area contributed by atoms with Gasteiger partial charge in [-0.05, 0) is 30.3 Å². The molecule has 3 aromatic rings. The molecule has 0 N–H and O–H groups in total. The highest BCUT2D eigenvalue weighted by Crippen LogP contribution is 2.27. The predicted octanol–water partition coefficient (Wildman–Crippen LogP) is 4.18. The minimum absolute atomic E-state index is 0.198. The van der Waals surface area contributed by atoms with Crippen molar-refractivity contribution < 1.29 is 13.9 Å². The summed E-state index contributed by atoms with van der Waals surface area (Å²) in [6.07, 6.45) is 0. The molecule has 1 heterocycles. The molecular formula is C16H12Cl2N2O3.